The van der Waals surface area contributed by atoms with Crippen molar-refractivity contribution >= 4 is 24.2 Å². The molecule has 0 bridgehead atoms. The SMILES string of the molecule is O=C(Cc1ccc2ccccc2c1)CP(=O)(O)O. The van der Waals surface area contributed by atoms with Crippen LogP contribution in [0.1, 0.15) is 5.56 Å². The van der Waals surface area contributed by atoms with Crippen molar-refractivity contribution in [2.75, 3.05) is 6.16 Å². The van der Waals surface area contributed by atoms with Gasteiger partial charge in [-0.3, -0.25) is 9.36 Å². The molecule has 0 spiro atoms. The van der Waals surface area contributed by atoms with E-state index in [0.717, 1.165) is 16.3 Å². The highest BCUT2D eigenvalue weighted by molar-refractivity contribution is 7.52. The van der Waals surface area contributed by atoms with Crippen molar-refractivity contribution < 1.29 is 19.1 Å². The van der Waals surface area contributed by atoms with E-state index in [9.17, 15) is 9.36 Å². The van der Waals surface area contributed by atoms with Crippen molar-refractivity contribution in [2.24, 2.45) is 0 Å². The summed E-state index contributed by atoms with van der Waals surface area (Å²) in [6.45, 7) is 0. The second-order valence-electron chi connectivity index (χ2n) is 4.22. The normalized spacial score (nSPS) is 11.7. The molecule has 0 unspecified atom stereocenters. The highest BCUT2D eigenvalue weighted by atomic mass is 31.2. The summed E-state index contributed by atoms with van der Waals surface area (Å²) in [6, 6.07) is 13.3. The standard InChI is InChI=1S/C13H13O4P/c14-13(9-18(15,16)17)8-10-5-6-11-3-1-2-4-12(11)7-10/h1-7H,8-9H2,(H2,15,16,17). The lowest BCUT2D eigenvalue weighted by Gasteiger charge is -2.05. The molecule has 0 fully saturated rings. The topological polar surface area (TPSA) is 74.6 Å². The minimum Gasteiger partial charge on any atom is -0.324 e. The molecule has 0 aromatic heterocycles. The van der Waals surface area contributed by atoms with Crippen LogP contribution in [0.3, 0.4) is 0 Å². The van der Waals surface area contributed by atoms with Gasteiger partial charge in [-0.1, -0.05) is 42.5 Å². The summed E-state index contributed by atoms with van der Waals surface area (Å²) in [5.74, 6) is -0.446. The molecule has 2 aromatic rings. The molecule has 0 radical (unpaired) electrons. The molecule has 0 amide bonds. The van der Waals surface area contributed by atoms with Gasteiger partial charge >= 0.3 is 7.60 Å². The van der Waals surface area contributed by atoms with Crippen molar-refractivity contribution in [3.8, 4) is 0 Å². The van der Waals surface area contributed by atoms with Crippen LogP contribution in [0.4, 0.5) is 0 Å². The van der Waals surface area contributed by atoms with Crippen molar-refractivity contribution in [2.45, 2.75) is 6.42 Å². The van der Waals surface area contributed by atoms with E-state index in [1.807, 2.05) is 36.4 Å². The van der Waals surface area contributed by atoms with Gasteiger partial charge in [-0.25, -0.2) is 0 Å². The van der Waals surface area contributed by atoms with Crippen LogP contribution in [0.2, 0.25) is 0 Å². The van der Waals surface area contributed by atoms with Gasteiger partial charge in [-0.15, -0.1) is 0 Å². The van der Waals surface area contributed by atoms with E-state index < -0.39 is 19.5 Å². The van der Waals surface area contributed by atoms with E-state index in [0.29, 0.717) is 0 Å². The van der Waals surface area contributed by atoms with Gasteiger partial charge in [0.25, 0.3) is 0 Å². The quantitative estimate of drug-likeness (QED) is 0.829. The maximum absolute atomic E-state index is 11.5. The van der Waals surface area contributed by atoms with Crippen molar-refractivity contribution in [1.29, 1.82) is 0 Å². The van der Waals surface area contributed by atoms with Gasteiger partial charge in [0.2, 0.25) is 0 Å². The average molecular weight is 264 g/mol. The Hall–Kier alpha value is -1.48. The van der Waals surface area contributed by atoms with Crippen LogP contribution >= 0.6 is 7.60 Å². The average Bonchev–Trinajstić information content (AvgIpc) is 2.26. The maximum atomic E-state index is 11.5. The van der Waals surface area contributed by atoms with Crippen LogP contribution in [0.5, 0.6) is 0 Å². The zero-order valence-corrected chi connectivity index (χ0v) is 10.5. The molecular weight excluding hydrogens is 251 g/mol. The summed E-state index contributed by atoms with van der Waals surface area (Å²) in [6.07, 6.45) is -0.643. The lowest BCUT2D eigenvalue weighted by molar-refractivity contribution is -0.116. The third-order valence-electron chi connectivity index (χ3n) is 2.60. The zero-order valence-electron chi connectivity index (χ0n) is 9.61. The summed E-state index contributed by atoms with van der Waals surface area (Å²) >= 11 is 0. The van der Waals surface area contributed by atoms with Crippen molar-refractivity contribution in [1.82, 2.24) is 0 Å². The molecule has 0 aliphatic rings. The fourth-order valence-electron chi connectivity index (χ4n) is 1.86. The van der Waals surface area contributed by atoms with Gasteiger partial charge in [0.05, 0.1) is 0 Å². The summed E-state index contributed by atoms with van der Waals surface area (Å²) < 4.78 is 10.7. The Morgan fingerprint density at radius 3 is 2.39 bits per heavy atom. The van der Waals surface area contributed by atoms with E-state index in [1.165, 1.54) is 0 Å². The number of ketones is 1. The predicted molar refractivity (Wildman–Crippen MR) is 69.6 cm³/mol. The van der Waals surface area contributed by atoms with Gasteiger partial charge in [-0.2, -0.15) is 0 Å². The molecule has 18 heavy (non-hydrogen) atoms. The summed E-state index contributed by atoms with van der Waals surface area (Å²) in [7, 11) is -4.26. The first-order chi connectivity index (χ1) is 8.44. The maximum Gasteiger partial charge on any atom is 0.332 e. The minimum absolute atomic E-state index is 0.0515. The fourth-order valence-corrected chi connectivity index (χ4v) is 2.43. The van der Waals surface area contributed by atoms with E-state index in [-0.39, 0.29) is 6.42 Å². The van der Waals surface area contributed by atoms with E-state index >= 15 is 0 Å². The fraction of sp³-hybridized carbons (Fsp3) is 0.154. The van der Waals surface area contributed by atoms with E-state index in [4.69, 9.17) is 9.79 Å². The second-order valence-corrected chi connectivity index (χ2v) is 5.87. The number of rotatable bonds is 4. The number of hydrogen-bond acceptors (Lipinski definition) is 2. The van der Waals surface area contributed by atoms with Gasteiger partial charge in [-0.05, 0) is 16.3 Å². The van der Waals surface area contributed by atoms with E-state index in [1.54, 1.807) is 6.07 Å². The molecule has 94 valence electrons. The monoisotopic (exact) mass is 264 g/mol. The Kier molecular flexibility index (Phi) is 3.62. The van der Waals surface area contributed by atoms with Crippen LogP contribution in [0, 0.1) is 0 Å². The van der Waals surface area contributed by atoms with Gasteiger partial charge in [0, 0.05) is 6.42 Å². The van der Waals surface area contributed by atoms with Crippen molar-refractivity contribution in [3.05, 3.63) is 48.0 Å². The number of carbonyl (C=O) groups excluding carboxylic acids is 1. The lowest BCUT2D eigenvalue weighted by Crippen LogP contribution is -2.08. The molecule has 0 saturated carbocycles. The molecule has 2 rings (SSSR count). The van der Waals surface area contributed by atoms with Crippen LogP contribution < -0.4 is 0 Å². The first-order valence-corrected chi connectivity index (χ1v) is 7.28. The molecule has 2 aromatic carbocycles. The Morgan fingerprint density at radius 1 is 1.06 bits per heavy atom. The molecule has 2 N–H and O–H groups in total. The Morgan fingerprint density at radius 2 is 1.72 bits per heavy atom. The number of hydrogen-bond donors (Lipinski definition) is 2. The number of carbonyl (C=O) groups is 1. The first-order valence-electron chi connectivity index (χ1n) is 5.48. The van der Waals surface area contributed by atoms with Crippen LogP contribution in [0.15, 0.2) is 42.5 Å². The molecule has 0 aliphatic heterocycles. The molecule has 4 nitrogen and oxygen atoms in total. The second kappa shape index (κ2) is 5.02. The minimum atomic E-state index is -4.26. The molecule has 0 saturated heterocycles. The largest absolute Gasteiger partial charge is 0.332 e. The van der Waals surface area contributed by atoms with Gasteiger partial charge in [0.1, 0.15) is 11.9 Å². The Labute approximate surface area is 104 Å². The number of fused-ring (bicyclic) bond motifs is 1. The zero-order chi connectivity index (χ0) is 13.2. The highest BCUT2D eigenvalue weighted by Crippen LogP contribution is 2.34. The molecule has 5 heteroatoms. The Bertz CT molecular complexity index is 630. The predicted octanol–water partition coefficient (Wildman–Crippen LogP) is 2.13. The Balaban J connectivity index is 2.17. The molecule has 0 aliphatic carbocycles. The number of benzene rings is 2. The summed E-state index contributed by atoms with van der Waals surface area (Å²) in [5, 5.41) is 2.09. The third-order valence-corrected chi connectivity index (χ3v) is 3.36. The van der Waals surface area contributed by atoms with E-state index in [2.05, 4.69) is 0 Å². The first kappa shape index (κ1) is 13.0. The summed E-state index contributed by atoms with van der Waals surface area (Å²) in [5.41, 5.74) is 0.771. The highest BCUT2D eigenvalue weighted by Gasteiger charge is 2.18. The van der Waals surface area contributed by atoms with Gasteiger partial charge < -0.3 is 9.79 Å². The van der Waals surface area contributed by atoms with Crippen molar-refractivity contribution in [3.63, 3.8) is 0 Å². The smallest absolute Gasteiger partial charge is 0.324 e. The molecule has 0 heterocycles. The lowest BCUT2D eigenvalue weighted by atomic mass is 10.0. The van der Waals surface area contributed by atoms with Gasteiger partial charge in [0.15, 0.2) is 0 Å². The molecule has 0 atom stereocenters. The number of Topliss-reactive ketones (excluding diaryl/α,β-unsaturated/α-hetero) is 1. The van der Waals surface area contributed by atoms with Crippen LogP contribution in [-0.2, 0) is 15.8 Å². The van der Waals surface area contributed by atoms with Crippen LogP contribution in [0.25, 0.3) is 10.8 Å². The summed E-state index contributed by atoms with van der Waals surface area (Å²) in [4.78, 5) is 28.9. The van der Waals surface area contributed by atoms with Crippen LogP contribution in [-0.4, -0.2) is 21.7 Å². The third kappa shape index (κ3) is 3.50. The molecular formula is C13H13O4P.